The third kappa shape index (κ3) is 0.881. The second-order valence-corrected chi connectivity index (χ2v) is 3.39. The highest BCUT2D eigenvalue weighted by atomic mass is 16.5. The van der Waals surface area contributed by atoms with Gasteiger partial charge in [0.2, 0.25) is 0 Å². The Kier molecular flexibility index (Phi) is 1.81. The molecule has 0 aliphatic carbocycles. The van der Waals surface area contributed by atoms with Crippen LogP contribution in [0.5, 0.6) is 0 Å². The standard InChI is InChI=1S/C8H13NO3/c1-11-7(10)8-2-3-12-6(8)4-9-5-8/h6,9H,2-5H2,1H3/t6-,8-/m0/s1. The van der Waals surface area contributed by atoms with Gasteiger partial charge >= 0.3 is 5.97 Å². The molecule has 0 aromatic rings. The van der Waals surface area contributed by atoms with Gasteiger partial charge in [0.15, 0.2) is 0 Å². The molecule has 0 aromatic carbocycles. The van der Waals surface area contributed by atoms with Crippen molar-refractivity contribution in [3.63, 3.8) is 0 Å². The number of nitrogens with one attached hydrogen (secondary N) is 1. The molecule has 2 heterocycles. The SMILES string of the molecule is COC(=O)[C@]12CCO[C@H]1CNC2. The number of esters is 1. The Bertz CT molecular complexity index is 194. The van der Waals surface area contributed by atoms with Crippen LogP contribution in [-0.4, -0.2) is 38.9 Å². The van der Waals surface area contributed by atoms with E-state index in [0.717, 1.165) is 13.0 Å². The number of rotatable bonds is 1. The first-order chi connectivity index (χ1) is 5.79. The van der Waals surface area contributed by atoms with E-state index in [4.69, 9.17) is 9.47 Å². The molecule has 4 heteroatoms. The van der Waals surface area contributed by atoms with E-state index < -0.39 is 0 Å². The lowest BCUT2D eigenvalue weighted by Gasteiger charge is -2.22. The lowest BCUT2D eigenvalue weighted by Crippen LogP contribution is -2.39. The van der Waals surface area contributed by atoms with Crippen molar-refractivity contribution in [1.82, 2.24) is 5.32 Å². The fourth-order valence-corrected chi connectivity index (χ4v) is 2.10. The summed E-state index contributed by atoms with van der Waals surface area (Å²) < 4.78 is 10.2. The van der Waals surface area contributed by atoms with Gasteiger partial charge in [0, 0.05) is 19.7 Å². The highest BCUT2D eigenvalue weighted by Crippen LogP contribution is 2.38. The van der Waals surface area contributed by atoms with Crippen molar-refractivity contribution in [1.29, 1.82) is 0 Å². The van der Waals surface area contributed by atoms with Gasteiger partial charge in [-0.1, -0.05) is 0 Å². The molecule has 0 aromatic heterocycles. The summed E-state index contributed by atoms with van der Waals surface area (Å²) in [5.74, 6) is -0.130. The molecule has 0 radical (unpaired) electrons. The minimum absolute atomic E-state index is 0.0324. The van der Waals surface area contributed by atoms with Crippen LogP contribution in [-0.2, 0) is 14.3 Å². The topological polar surface area (TPSA) is 47.6 Å². The molecule has 0 bridgehead atoms. The highest BCUT2D eigenvalue weighted by Gasteiger charge is 2.54. The van der Waals surface area contributed by atoms with E-state index >= 15 is 0 Å². The number of ether oxygens (including phenoxy) is 2. The van der Waals surface area contributed by atoms with Gasteiger partial charge < -0.3 is 14.8 Å². The predicted molar refractivity (Wildman–Crippen MR) is 41.7 cm³/mol. The minimum atomic E-state index is -0.380. The van der Waals surface area contributed by atoms with Gasteiger partial charge in [-0.05, 0) is 6.42 Å². The Morgan fingerprint density at radius 3 is 3.33 bits per heavy atom. The van der Waals surface area contributed by atoms with Crippen molar-refractivity contribution in [2.75, 3.05) is 26.8 Å². The summed E-state index contributed by atoms with van der Waals surface area (Å²) in [6.45, 7) is 2.15. The molecule has 0 amide bonds. The Hall–Kier alpha value is -0.610. The molecule has 0 unspecified atom stereocenters. The zero-order chi connectivity index (χ0) is 8.60. The van der Waals surface area contributed by atoms with E-state index in [2.05, 4.69) is 5.32 Å². The van der Waals surface area contributed by atoms with Crippen LogP contribution in [0.15, 0.2) is 0 Å². The molecule has 2 saturated heterocycles. The van der Waals surface area contributed by atoms with Crippen LogP contribution < -0.4 is 5.32 Å². The average Bonchev–Trinajstić information content (AvgIpc) is 2.60. The molecule has 0 saturated carbocycles. The van der Waals surface area contributed by atoms with Gasteiger partial charge in [0.05, 0.1) is 13.2 Å². The van der Waals surface area contributed by atoms with Crippen molar-refractivity contribution in [2.24, 2.45) is 5.41 Å². The zero-order valence-electron chi connectivity index (χ0n) is 7.13. The maximum atomic E-state index is 11.5. The second-order valence-electron chi connectivity index (χ2n) is 3.39. The predicted octanol–water partition coefficient (Wildman–Crippen LogP) is -0.462. The van der Waals surface area contributed by atoms with Gasteiger partial charge in [-0.3, -0.25) is 4.79 Å². The number of methoxy groups -OCH3 is 1. The van der Waals surface area contributed by atoms with Crippen LogP contribution in [0.1, 0.15) is 6.42 Å². The third-order valence-electron chi connectivity index (χ3n) is 2.85. The molecule has 0 spiro atoms. The number of hydrogen-bond acceptors (Lipinski definition) is 4. The normalized spacial score (nSPS) is 39.6. The Morgan fingerprint density at radius 2 is 2.58 bits per heavy atom. The van der Waals surface area contributed by atoms with Crippen molar-refractivity contribution in [3.8, 4) is 0 Å². The number of carbonyl (C=O) groups is 1. The van der Waals surface area contributed by atoms with Gasteiger partial charge in [-0.25, -0.2) is 0 Å². The number of hydrogen-bond donors (Lipinski definition) is 1. The van der Waals surface area contributed by atoms with Crippen LogP contribution in [0, 0.1) is 5.41 Å². The van der Waals surface area contributed by atoms with Crippen molar-refractivity contribution >= 4 is 5.97 Å². The van der Waals surface area contributed by atoms with Crippen LogP contribution in [0.4, 0.5) is 0 Å². The molecular weight excluding hydrogens is 158 g/mol. The van der Waals surface area contributed by atoms with E-state index in [9.17, 15) is 4.79 Å². The van der Waals surface area contributed by atoms with Gasteiger partial charge in [0.25, 0.3) is 0 Å². The first-order valence-corrected chi connectivity index (χ1v) is 4.20. The highest BCUT2D eigenvalue weighted by molar-refractivity contribution is 5.78. The summed E-state index contributed by atoms with van der Waals surface area (Å²) in [4.78, 5) is 11.5. The molecule has 1 N–H and O–H groups in total. The van der Waals surface area contributed by atoms with E-state index in [1.54, 1.807) is 0 Å². The molecule has 4 nitrogen and oxygen atoms in total. The summed E-state index contributed by atoms with van der Waals surface area (Å²) in [6, 6.07) is 0. The van der Waals surface area contributed by atoms with E-state index in [-0.39, 0.29) is 17.5 Å². The quantitative estimate of drug-likeness (QED) is 0.542. The fourth-order valence-electron chi connectivity index (χ4n) is 2.10. The largest absolute Gasteiger partial charge is 0.468 e. The van der Waals surface area contributed by atoms with Crippen molar-refractivity contribution in [3.05, 3.63) is 0 Å². The monoisotopic (exact) mass is 171 g/mol. The van der Waals surface area contributed by atoms with E-state index in [1.807, 2.05) is 0 Å². The molecule has 2 rings (SSSR count). The average molecular weight is 171 g/mol. The molecule has 12 heavy (non-hydrogen) atoms. The summed E-state index contributed by atoms with van der Waals surface area (Å²) in [5, 5.41) is 3.15. The summed E-state index contributed by atoms with van der Waals surface area (Å²) in [5.41, 5.74) is -0.380. The van der Waals surface area contributed by atoms with Gasteiger partial charge in [-0.2, -0.15) is 0 Å². The van der Waals surface area contributed by atoms with Crippen LogP contribution in [0.2, 0.25) is 0 Å². The van der Waals surface area contributed by atoms with Gasteiger partial charge in [-0.15, -0.1) is 0 Å². The molecular formula is C8H13NO3. The number of fused-ring (bicyclic) bond motifs is 1. The van der Waals surface area contributed by atoms with Crippen LogP contribution >= 0.6 is 0 Å². The minimum Gasteiger partial charge on any atom is -0.468 e. The fraction of sp³-hybridized carbons (Fsp3) is 0.875. The van der Waals surface area contributed by atoms with Crippen molar-refractivity contribution < 1.29 is 14.3 Å². The number of carbonyl (C=O) groups excluding carboxylic acids is 1. The lowest BCUT2D eigenvalue weighted by atomic mass is 9.84. The first-order valence-electron chi connectivity index (χ1n) is 4.20. The van der Waals surface area contributed by atoms with E-state index in [1.165, 1.54) is 7.11 Å². The Balaban J connectivity index is 2.21. The first kappa shape index (κ1) is 8.01. The van der Waals surface area contributed by atoms with Crippen LogP contribution in [0.3, 0.4) is 0 Å². The zero-order valence-corrected chi connectivity index (χ0v) is 7.13. The van der Waals surface area contributed by atoms with E-state index in [0.29, 0.717) is 13.2 Å². The molecule has 2 atom stereocenters. The maximum Gasteiger partial charge on any atom is 0.315 e. The third-order valence-corrected chi connectivity index (χ3v) is 2.85. The molecule has 2 aliphatic heterocycles. The smallest absolute Gasteiger partial charge is 0.315 e. The molecule has 2 fully saturated rings. The summed E-state index contributed by atoms with van der Waals surface area (Å²) in [7, 11) is 1.44. The maximum absolute atomic E-state index is 11.5. The molecule has 68 valence electrons. The van der Waals surface area contributed by atoms with Crippen LogP contribution in [0.25, 0.3) is 0 Å². The summed E-state index contributed by atoms with van der Waals surface area (Å²) in [6.07, 6.45) is 0.821. The Morgan fingerprint density at radius 1 is 1.75 bits per heavy atom. The summed E-state index contributed by atoms with van der Waals surface area (Å²) >= 11 is 0. The van der Waals surface area contributed by atoms with Gasteiger partial charge in [0.1, 0.15) is 5.41 Å². The lowest BCUT2D eigenvalue weighted by molar-refractivity contribution is -0.153. The Labute approximate surface area is 71.2 Å². The molecule has 2 aliphatic rings. The second kappa shape index (κ2) is 2.71. The van der Waals surface area contributed by atoms with Crippen molar-refractivity contribution in [2.45, 2.75) is 12.5 Å².